The van der Waals surface area contributed by atoms with Crippen molar-refractivity contribution in [2.75, 3.05) is 19.7 Å². The molecule has 2 aromatic rings. The molecule has 0 saturated carbocycles. The third-order valence-corrected chi connectivity index (χ3v) is 5.84. The third kappa shape index (κ3) is 3.58. The lowest BCUT2D eigenvalue weighted by molar-refractivity contribution is 0.00866. The predicted molar refractivity (Wildman–Crippen MR) is 86.7 cm³/mol. The summed E-state index contributed by atoms with van der Waals surface area (Å²) in [6, 6.07) is 13.7. The maximum atomic E-state index is 13.1. The summed E-state index contributed by atoms with van der Waals surface area (Å²) >= 11 is 0. The second-order valence-corrected chi connectivity index (χ2v) is 7.81. The van der Waals surface area contributed by atoms with Crippen LogP contribution in [0, 0.1) is 5.82 Å². The summed E-state index contributed by atoms with van der Waals surface area (Å²) in [6.07, 6.45) is 0.258. The van der Waals surface area contributed by atoms with Gasteiger partial charge in [-0.2, -0.15) is 4.31 Å². The SMILES string of the molecule is O=S(=O)(c1ccccc1)N1CC[C@](O)(COc2cccc(F)c2)C1. The lowest BCUT2D eigenvalue weighted by Crippen LogP contribution is -2.40. The van der Waals surface area contributed by atoms with Crippen LogP contribution in [0.25, 0.3) is 0 Å². The van der Waals surface area contributed by atoms with Crippen molar-refractivity contribution in [3.63, 3.8) is 0 Å². The average Bonchev–Trinajstić information content (AvgIpc) is 2.98. The highest BCUT2D eigenvalue weighted by Gasteiger charge is 2.42. The second-order valence-electron chi connectivity index (χ2n) is 5.87. The number of nitrogens with zero attached hydrogens (tertiary/aromatic N) is 1. The molecule has 7 heteroatoms. The van der Waals surface area contributed by atoms with Crippen LogP contribution in [0.4, 0.5) is 4.39 Å². The van der Waals surface area contributed by atoms with Crippen molar-refractivity contribution >= 4 is 10.0 Å². The van der Waals surface area contributed by atoms with Crippen LogP contribution in [0.1, 0.15) is 6.42 Å². The Kier molecular flexibility index (Phi) is 4.58. The van der Waals surface area contributed by atoms with E-state index >= 15 is 0 Å². The van der Waals surface area contributed by atoms with E-state index in [0.717, 1.165) is 0 Å². The number of hydrogen-bond acceptors (Lipinski definition) is 4. The van der Waals surface area contributed by atoms with Gasteiger partial charge in [0.15, 0.2) is 0 Å². The van der Waals surface area contributed by atoms with Crippen molar-refractivity contribution in [2.24, 2.45) is 0 Å². The number of hydrogen-bond donors (Lipinski definition) is 1. The molecule has 1 atom stereocenters. The van der Waals surface area contributed by atoms with Crippen LogP contribution in [-0.4, -0.2) is 43.1 Å². The summed E-state index contributed by atoms with van der Waals surface area (Å²) in [4.78, 5) is 0.195. The van der Waals surface area contributed by atoms with Crippen molar-refractivity contribution in [3.8, 4) is 5.75 Å². The van der Waals surface area contributed by atoms with Crippen LogP contribution in [0.5, 0.6) is 5.75 Å². The van der Waals surface area contributed by atoms with E-state index in [2.05, 4.69) is 0 Å². The minimum Gasteiger partial charge on any atom is -0.490 e. The Morgan fingerprint density at radius 1 is 1.17 bits per heavy atom. The minimum absolute atomic E-state index is 0.0560. The van der Waals surface area contributed by atoms with E-state index in [1.54, 1.807) is 24.3 Å². The molecule has 2 aromatic carbocycles. The predicted octanol–water partition coefficient (Wildman–Crippen LogP) is 2.03. The van der Waals surface area contributed by atoms with Gasteiger partial charge in [-0.15, -0.1) is 0 Å². The lowest BCUT2D eigenvalue weighted by atomic mass is 10.1. The molecule has 5 nitrogen and oxygen atoms in total. The molecule has 128 valence electrons. The zero-order valence-electron chi connectivity index (χ0n) is 12.9. The van der Waals surface area contributed by atoms with Gasteiger partial charge in [0.1, 0.15) is 23.8 Å². The zero-order chi connectivity index (χ0) is 17.2. The van der Waals surface area contributed by atoms with E-state index in [9.17, 15) is 17.9 Å². The summed E-state index contributed by atoms with van der Waals surface area (Å²) < 4.78 is 44.9. The number of sulfonamides is 1. The van der Waals surface area contributed by atoms with Crippen LogP contribution in [0.15, 0.2) is 59.5 Å². The van der Waals surface area contributed by atoms with Crippen molar-refractivity contribution < 1.29 is 22.7 Å². The molecule has 0 spiro atoms. The fraction of sp³-hybridized carbons (Fsp3) is 0.294. The van der Waals surface area contributed by atoms with Crippen molar-refractivity contribution in [1.29, 1.82) is 0 Å². The summed E-state index contributed by atoms with van der Waals surface area (Å²) in [5, 5.41) is 10.6. The van der Waals surface area contributed by atoms with Crippen molar-refractivity contribution in [3.05, 3.63) is 60.4 Å². The number of rotatable bonds is 5. The Balaban J connectivity index is 1.68. The molecule has 24 heavy (non-hydrogen) atoms. The number of ether oxygens (including phenoxy) is 1. The van der Waals surface area contributed by atoms with Crippen LogP contribution >= 0.6 is 0 Å². The van der Waals surface area contributed by atoms with Gasteiger partial charge in [0.2, 0.25) is 10.0 Å². The molecule has 3 rings (SSSR count). The summed E-state index contributed by atoms with van der Waals surface area (Å²) in [5.41, 5.74) is -1.30. The van der Waals surface area contributed by atoms with E-state index in [0.29, 0.717) is 5.75 Å². The molecule has 1 aliphatic rings. The van der Waals surface area contributed by atoms with Crippen molar-refractivity contribution in [1.82, 2.24) is 4.31 Å². The zero-order valence-corrected chi connectivity index (χ0v) is 13.7. The first kappa shape index (κ1) is 16.9. The first-order chi connectivity index (χ1) is 11.4. The maximum Gasteiger partial charge on any atom is 0.243 e. The summed E-state index contributed by atoms with van der Waals surface area (Å²) in [5.74, 6) is -0.132. The van der Waals surface area contributed by atoms with E-state index in [1.807, 2.05) is 0 Å². The Hall–Kier alpha value is -1.96. The molecule has 0 bridgehead atoms. The molecule has 0 aliphatic carbocycles. The van der Waals surface area contributed by atoms with Gasteiger partial charge < -0.3 is 9.84 Å². The molecular weight excluding hydrogens is 333 g/mol. The highest BCUT2D eigenvalue weighted by molar-refractivity contribution is 7.89. The Bertz CT molecular complexity index is 812. The number of aliphatic hydroxyl groups is 1. The molecular formula is C17H18FNO4S. The van der Waals surface area contributed by atoms with Crippen molar-refractivity contribution in [2.45, 2.75) is 16.9 Å². The Labute approximate surface area is 140 Å². The molecule has 1 fully saturated rings. The highest BCUT2D eigenvalue weighted by Crippen LogP contribution is 2.28. The van der Waals surface area contributed by atoms with E-state index in [4.69, 9.17) is 4.74 Å². The van der Waals surface area contributed by atoms with Crippen LogP contribution in [0.2, 0.25) is 0 Å². The minimum atomic E-state index is -3.64. The quantitative estimate of drug-likeness (QED) is 0.895. The molecule has 1 N–H and O–H groups in total. The number of benzene rings is 2. The first-order valence-corrected chi connectivity index (χ1v) is 8.99. The van der Waals surface area contributed by atoms with Gasteiger partial charge in [-0.05, 0) is 30.7 Å². The lowest BCUT2D eigenvalue weighted by Gasteiger charge is -2.23. The van der Waals surface area contributed by atoms with E-state index in [-0.39, 0.29) is 31.0 Å². The van der Waals surface area contributed by atoms with Gasteiger partial charge in [0.25, 0.3) is 0 Å². The first-order valence-electron chi connectivity index (χ1n) is 7.55. The van der Waals surface area contributed by atoms with Gasteiger partial charge in [-0.1, -0.05) is 24.3 Å². The summed E-state index contributed by atoms with van der Waals surface area (Å²) in [7, 11) is -3.64. The molecule has 1 heterocycles. The molecule has 1 saturated heterocycles. The summed E-state index contributed by atoms with van der Waals surface area (Å²) in [6.45, 7) is 0.0526. The normalized spacial score (nSPS) is 21.8. The van der Waals surface area contributed by atoms with Crippen LogP contribution in [0.3, 0.4) is 0 Å². The fourth-order valence-electron chi connectivity index (χ4n) is 2.66. The third-order valence-electron chi connectivity index (χ3n) is 3.98. The number of β-amino-alcohol motifs (C(OH)–C–C–N with tert-alkyl or cyclic N) is 1. The molecule has 0 aromatic heterocycles. The van der Waals surface area contributed by atoms with E-state index in [1.165, 1.54) is 34.6 Å². The Morgan fingerprint density at radius 2 is 1.92 bits per heavy atom. The maximum absolute atomic E-state index is 13.1. The van der Waals surface area contributed by atoms with Gasteiger partial charge in [0.05, 0.1) is 4.90 Å². The standard InChI is InChI=1S/C17H18FNO4S/c18-14-5-4-6-15(11-14)23-13-17(20)9-10-19(12-17)24(21,22)16-7-2-1-3-8-16/h1-8,11,20H,9-10,12-13H2/t17-/m1/s1. The fourth-order valence-corrected chi connectivity index (χ4v) is 4.20. The molecule has 1 aliphatic heterocycles. The van der Waals surface area contributed by atoms with Gasteiger partial charge in [0, 0.05) is 19.2 Å². The largest absolute Gasteiger partial charge is 0.490 e. The number of halogens is 1. The monoisotopic (exact) mass is 351 g/mol. The topological polar surface area (TPSA) is 66.8 Å². The second kappa shape index (κ2) is 6.51. The van der Waals surface area contributed by atoms with Crippen LogP contribution < -0.4 is 4.74 Å². The Morgan fingerprint density at radius 3 is 2.62 bits per heavy atom. The smallest absolute Gasteiger partial charge is 0.243 e. The molecule has 0 radical (unpaired) electrons. The van der Waals surface area contributed by atoms with Crippen LogP contribution in [-0.2, 0) is 10.0 Å². The highest BCUT2D eigenvalue weighted by atomic mass is 32.2. The average molecular weight is 351 g/mol. The van der Waals surface area contributed by atoms with Gasteiger partial charge >= 0.3 is 0 Å². The van der Waals surface area contributed by atoms with Gasteiger partial charge in [-0.25, -0.2) is 12.8 Å². The van der Waals surface area contributed by atoms with Gasteiger partial charge in [-0.3, -0.25) is 0 Å². The van der Waals surface area contributed by atoms with E-state index < -0.39 is 21.4 Å². The molecule has 0 unspecified atom stereocenters. The molecule has 0 amide bonds.